The number of anilines is 1. The monoisotopic (exact) mass is 935 g/mol. The molecule has 67 heavy (non-hydrogen) atoms. The standard InChI is InChI=1S/C46H59N7O7.C2HF3O2/c1-30-25-33(40(55)52-21-23-53(24-22-52)43(58)60-45(5,6)7)16-18-36(30)32-13-11-31(12-14-32)26-38(39(54)49-35-17-15-34-28-48-51-37(34)27-35)50-41(56)46(19-9-8-10-20-46)29-47-42(57)59-44(2,3)4;3-2(4,5)1(6)7/h11-18,25,27-28,38H,8-10,19-24,26,29H2,1-7H3,(H,47,57)(H,48,51)(H,49,54)(H,50,56);(H,6,7)/t38-;/m0./s1. The summed E-state index contributed by atoms with van der Waals surface area (Å²) in [7, 11) is 0. The molecule has 0 spiro atoms. The predicted octanol–water partition coefficient (Wildman–Crippen LogP) is 8.01. The summed E-state index contributed by atoms with van der Waals surface area (Å²) in [5, 5.41) is 23.9. The van der Waals surface area contributed by atoms with E-state index in [4.69, 9.17) is 19.4 Å². The van der Waals surface area contributed by atoms with Gasteiger partial charge in [0, 0.05) is 55.8 Å². The Morgan fingerprint density at radius 2 is 1.43 bits per heavy atom. The Labute approximate surface area is 387 Å². The molecule has 5 amide bonds. The van der Waals surface area contributed by atoms with Gasteiger partial charge < -0.3 is 40.3 Å². The van der Waals surface area contributed by atoms with Crippen LogP contribution in [0.2, 0.25) is 0 Å². The highest BCUT2D eigenvalue weighted by Crippen LogP contribution is 2.37. The van der Waals surface area contributed by atoms with Crippen LogP contribution >= 0.6 is 0 Å². The van der Waals surface area contributed by atoms with E-state index in [0.29, 0.717) is 50.3 Å². The molecule has 5 N–H and O–H groups in total. The zero-order valence-corrected chi connectivity index (χ0v) is 38.9. The Bertz CT molecular complexity index is 2410. The van der Waals surface area contributed by atoms with Crippen LogP contribution in [0.3, 0.4) is 0 Å². The third-order valence-corrected chi connectivity index (χ3v) is 11.2. The van der Waals surface area contributed by atoms with Gasteiger partial charge in [-0.1, -0.05) is 49.6 Å². The van der Waals surface area contributed by atoms with Gasteiger partial charge in [-0.05, 0) is 114 Å². The zero-order valence-electron chi connectivity index (χ0n) is 38.9. The van der Waals surface area contributed by atoms with Gasteiger partial charge in [0.2, 0.25) is 11.8 Å². The largest absolute Gasteiger partial charge is 0.490 e. The van der Waals surface area contributed by atoms with Crippen LogP contribution in [0.15, 0.2) is 66.9 Å². The van der Waals surface area contributed by atoms with Crippen molar-refractivity contribution >= 4 is 52.5 Å². The number of ether oxygens (including phenoxy) is 2. The number of aromatic nitrogens is 2. The van der Waals surface area contributed by atoms with Crippen molar-refractivity contribution in [2.45, 2.75) is 110 Å². The summed E-state index contributed by atoms with van der Waals surface area (Å²) in [6.45, 7) is 14.6. The Hall–Kier alpha value is -6.66. The number of alkyl halides is 3. The van der Waals surface area contributed by atoms with Crippen LogP contribution in [0, 0.1) is 12.3 Å². The molecule has 2 heterocycles. The van der Waals surface area contributed by atoms with Crippen molar-refractivity contribution in [2.75, 3.05) is 38.0 Å². The van der Waals surface area contributed by atoms with E-state index < -0.39 is 40.9 Å². The molecule has 0 bridgehead atoms. The van der Waals surface area contributed by atoms with Gasteiger partial charge >= 0.3 is 24.3 Å². The van der Waals surface area contributed by atoms with Crippen LogP contribution in [0.4, 0.5) is 28.4 Å². The number of aliphatic carboxylic acids is 1. The van der Waals surface area contributed by atoms with Crippen LogP contribution in [-0.4, -0.2) is 117 Å². The molecule has 6 rings (SSSR count). The number of piperazine rings is 1. The van der Waals surface area contributed by atoms with E-state index >= 15 is 0 Å². The number of aryl methyl sites for hydroxylation is 1. The lowest BCUT2D eigenvalue weighted by molar-refractivity contribution is -0.192. The average molecular weight is 936 g/mol. The van der Waals surface area contributed by atoms with Gasteiger partial charge in [0.1, 0.15) is 17.2 Å². The first kappa shape index (κ1) is 51.3. The molecule has 4 aromatic rings. The first-order valence-electron chi connectivity index (χ1n) is 22.1. The minimum Gasteiger partial charge on any atom is -0.475 e. The minimum atomic E-state index is -5.08. The van der Waals surface area contributed by atoms with E-state index in [1.54, 1.807) is 48.9 Å². The van der Waals surface area contributed by atoms with E-state index in [1.165, 1.54) is 0 Å². The molecule has 1 saturated carbocycles. The van der Waals surface area contributed by atoms with Gasteiger partial charge in [0.05, 0.1) is 17.1 Å². The number of aromatic amines is 1. The molecule has 0 radical (unpaired) electrons. The lowest BCUT2D eigenvalue weighted by Crippen LogP contribution is -2.55. The number of halogens is 3. The van der Waals surface area contributed by atoms with Crippen molar-refractivity contribution in [3.8, 4) is 11.1 Å². The number of amides is 5. The molecule has 1 atom stereocenters. The third-order valence-electron chi connectivity index (χ3n) is 11.2. The minimum absolute atomic E-state index is 0.0877. The number of fused-ring (bicyclic) bond motifs is 1. The molecular weight excluding hydrogens is 876 g/mol. The van der Waals surface area contributed by atoms with Gasteiger partial charge in [-0.25, -0.2) is 14.4 Å². The van der Waals surface area contributed by atoms with Crippen LogP contribution < -0.4 is 16.0 Å². The van der Waals surface area contributed by atoms with Gasteiger partial charge in [0.25, 0.3) is 5.91 Å². The topological polar surface area (TPSA) is 212 Å². The fourth-order valence-electron chi connectivity index (χ4n) is 7.81. The SMILES string of the molecule is Cc1cc(C(=O)N2CCN(C(=O)OC(C)(C)C)CC2)ccc1-c1ccc(C[C@H](NC(=O)C2(CNC(=O)OC(C)(C)C)CCCCC2)C(=O)Nc2ccc3cn[nH]c3c2)cc1.O=C(O)C(F)(F)F. The summed E-state index contributed by atoms with van der Waals surface area (Å²) in [5.41, 5.74) is 3.40. The molecule has 1 aliphatic heterocycles. The smallest absolute Gasteiger partial charge is 0.475 e. The van der Waals surface area contributed by atoms with E-state index in [0.717, 1.165) is 52.4 Å². The van der Waals surface area contributed by atoms with Crippen molar-refractivity contribution < 1.29 is 56.5 Å². The highest BCUT2D eigenvalue weighted by atomic mass is 19.4. The maximum atomic E-state index is 14.3. The Kier molecular flexibility index (Phi) is 16.3. The van der Waals surface area contributed by atoms with Crippen LogP contribution in [0.5, 0.6) is 0 Å². The van der Waals surface area contributed by atoms with Crippen molar-refractivity contribution in [3.05, 3.63) is 83.6 Å². The number of H-pyrrole nitrogens is 1. The number of carbonyl (C=O) groups is 6. The first-order chi connectivity index (χ1) is 31.3. The summed E-state index contributed by atoms with van der Waals surface area (Å²) in [6, 6.07) is 18.0. The summed E-state index contributed by atoms with van der Waals surface area (Å²) in [6.07, 6.45) is -0.335. The normalized spacial score (nSPS) is 15.6. The number of alkyl carbamates (subject to hydrolysis) is 1. The third kappa shape index (κ3) is 14.7. The molecule has 0 unspecified atom stereocenters. The first-order valence-corrected chi connectivity index (χ1v) is 22.1. The summed E-state index contributed by atoms with van der Waals surface area (Å²) in [4.78, 5) is 79.3. The number of hydrogen-bond donors (Lipinski definition) is 5. The van der Waals surface area contributed by atoms with Crippen molar-refractivity contribution in [2.24, 2.45) is 5.41 Å². The lowest BCUT2D eigenvalue weighted by Gasteiger charge is -2.37. The Balaban J connectivity index is 0.00000111. The van der Waals surface area contributed by atoms with E-state index in [1.807, 2.05) is 76.2 Å². The second-order valence-corrected chi connectivity index (χ2v) is 18.9. The van der Waals surface area contributed by atoms with Gasteiger partial charge in [-0.15, -0.1) is 0 Å². The number of hydrogen-bond acceptors (Lipinski definition) is 9. The van der Waals surface area contributed by atoms with E-state index in [9.17, 15) is 37.1 Å². The molecule has 2 aliphatic rings. The Morgan fingerprint density at radius 3 is 2.01 bits per heavy atom. The fourth-order valence-corrected chi connectivity index (χ4v) is 7.81. The summed E-state index contributed by atoms with van der Waals surface area (Å²) >= 11 is 0. The van der Waals surface area contributed by atoms with Gasteiger partial charge in [0.15, 0.2) is 0 Å². The average Bonchev–Trinajstić information content (AvgIpc) is 3.73. The molecule has 1 aromatic heterocycles. The quantitative estimate of drug-likeness (QED) is 0.103. The second-order valence-electron chi connectivity index (χ2n) is 18.9. The highest BCUT2D eigenvalue weighted by molar-refractivity contribution is 5.99. The van der Waals surface area contributed by atoms with Crippen LogP contribution in [0.25, 0.3) is 22.0 Å². The number of rotatable bonds is 10. The van der Waals surface area contributed by atoms with Crippen molar-refractivity contribution in [1.82, 2.24) is 30.6 Å². The molecule has 2 fully saturated rings. The molecule has 19 heteroatoms. The van der Waals surface area contributed by atoms with Crippen molar-refractivity contribution in [3.63, 3.8) is 0 Å². The summed E-state index contributed by atoms with van der Waals surface area (Å²) in [5.74, 6) is -3.50. The van der Waals surface area contributed by atoms with Crippen LogP contribution in [0.1, 0.15) is 95.1 Å². The van der Waals surface area contributed by atoms with Gasteiger partial charge in [-0.2, -0.15) is 18.3 Å². The van der Waals surface area contributed by atoms with Gasteiger partial charge in [-0.3, -0.25) is 19.5 Å². The molecule has 1 saturated heterocycles. The molecule has 16 nitrogen and oxygen atoms in total. The predicted molar refractivity (Wildman–Crippen MR) is 244 cm³/mol. The number of nitrogens with one attached hydrogen (secondary N) is 4. The zero-order chi connectivity index (χ0) is 49.3. The van der Waals surface area contributed by atoms with Crippen molar-refractivity contribution in [1.29, 1.82) is 0 Å². The maximum Gasteiger partial charge on any atom is 0.490 e. The molecule has 3 aromatic carbocycles. The number of carbonyl (C=O) groups excluding carboxylic acids is 5. The van der Waals surface area contributed by atoms with E-state index in [-0.39, 0.29) is 36.8 Å². The fraction of sp³-hybridized carbons (Fsp3) is 0.479. The number of carboxylic acid groups (broad SMARTS) is 1. The highest BCUT2D eigenvalue weighted by Gasteiger charge is 2.42. The molecular formula is C48H60F3N7O9. The molecule has 1 aliphatic carbocycles. The number of carboxylic acids is 1. The lowest BCUT2D eigenvalue weighted by atomic mass is 9.73. The second kappa shape index (κ2) is 21.3. The Morgan fingerprint density at radius 1 is 0.821 bits per heavy atom. The number of nitrogens with zero attached hydrogens (tertiary/aromatic N) is 3. The molecule has 362 valence electrons. The summed E-state index contributed by atoms with van der Waals surface area (Å²) < 4.78 is 42.7. The number of benzene rings is 3. The maximum absolute atomic E-state index is 14.3. The van der Waals surface area contributed by atoms with E-state index in [2.05, 4.69) is 26.1 Å². The van der Waals surface area contributed by atoms with Crippen LogP contribution in [-0.2, 0) is 30.3 Å².